The Balaban J connectivity index is 2.73. The molecule has 96 valence electrons. The second-order valence-corrected chi connectivity index (χ2v) is 4.28. The first kappa shape index (κ1) is 13.7. The minimum absolute atomic E-state index is 0.674. The molecule has 0 unspecified atom stereocenters. The van der Waals surface area contributed by atoms with Gasteiger partial charge in [-0.3, -0.25) is 0 Å². The maximum Gasteiger partial charge on any atom is 0.224 e. The maximum atomic E-state index is 4.47. The summed E-state index contributed by atoms with van der Waals surface area (Å²) in [5.41, 5.74) is 0. The van der Waals surface area contributed by atoms with Gasteiger partial charge >= 0.3 is 0 Å². The molecule has 1 aromatic rings. The second-order valence-electron chi connectivity index (χ2n) is 4.28. The van der Waals surface area contributed by atoms with Crippen molar-refractivity contribution in [3.05, 3.63) is 12.3 Å². The van der Waals surface area contributed by atoms with Gasteiger partial charge < -0.3 is 15.1 Å². The van der Waals surface area contributed by atoms with Crippen molar-refractivity contribution in [1.29, 1.82) is 0 Å². The molecule has 17 heavy (non-hydrogen) atoms. The largest absolute Gasteiger partial charge is 0.357 e. The van der Waals surface area contributed by atoms with Crippen LogP contribution in [0.4, 0.5) is 11.8 Å². The van der Waals surface area contributed by atoms with Crippen LogP contribution in [-0.2, 0) is 0 Å². The predicted molar refractivity (Wildman–Crippen MR) is 72.6 cm³/mol. The van der Waals surface area contributed by atoms with E-state index in [0.29, 0.717) is 5.95 Å². The summed E-state index contributed by atoms with van der Waals surface area (Å²) in [6, 6.07) is 1.96. The second kappa shape index (κ2) is 7.06. The topological polar surface area (TPSA) is 44.3 Å². The van der Waals surface area contributed by atoms with Crippen LogP contribution in [0.2, 0.25) is 0 Å². The molecule has 0 aliphatic carbocycles. The fourth-order valence-electron chi connectivity index (χ4n) is 1.58. The molecule has 1 heterocycles. The minimum Gasteiger partial charge on any atom is -0.357 e. The lowest BCUT2D eigenvalue weighted by Crippen LogP contribution is -2.33. The van der Waals surface area contributed by atoms with E-state index in [4.69, 9.17) is 0 Å². The van der Waals surface area contributed by atoms with Crippen LogP contribution in [0.3, 0.4) is 0 Å². The number of nitrogens with zero attached hydrogens (tertiary/aromatic N) is 4. The summed E-state index contributed by atoms with van der Waals surface area (Å²) in [4.78, 5) is 13.1. The normalized spacial score (nSPS) is 10.6. The molecule has 1 N–H and O–H groups in total. The van der Waals surface area contributed by atoms with Gasteiger partial charge in [0.15, 0.2) is 0 Å². The van der Waals surface area contributed by atoms with Crippen molar-refractivity contribution in [2.75, 3.05) is 51.0 Å². The van der Waals surface area contributed by atoms with Gasteiger partial charge in [0.2, 0.25) is 5.95 Å². The third kappa shape index (κ3) is 4.56. The van der Waals surface area contributed by atoms with Crippen molar-refractivity contribution in [2.45, 2.75) is 13.3 Å². The van der Waals surface area contributed by atoms with E-state index in [1.807, 2.05) is 13.1 Å². The molecule has 5 nitrogen and oxygen atoms in total. The maximum absolute atomic E-state index is 4.47. The van der Waals surface area contributed by atoms with E-state index in [1.54, 1.807) is 6.20 Å². The van der Waals surface area contributed by atoms with Gasteiger partial charge in [0.25, 0.3) is 0 Å². The van der Waals surface area contributed by atoms with Gasteiger partial charge in [0.1, 0.15) is 5.82 Å². The lowest BCUT2D eigenvalue weighted by molar-refractivity contribution is 0.412. The fourth-order valence-corrected chi connectivity index (χ4v) is 1.58. The summed E-state index contributed by atoms with van der Waals surface area (Å²) in [6.45, 7) is 5.22. The van der Waals surface area contributed by atoms with Gasteiger partial charge in [-0.1, -0.05) is 6.92 Å². The third-order valence-electron chi connectivity index (χ3n) is 2.50. The van der Waals surface area contributed by atoms with Crippen LogP contribution in [0.15, 0.2) is 12.3 Å². The van der Waals surface area contributed by atoms with Crippen LogP contribution in [-0.4, -0.2) is 55.6 Å². The Labute approximate surface area is 104 Å². The zero-order valence-electron chi connectivity index (χ0n) is 11.3. The molecule has 0 spiro atoms. The Morgan fingerprint density at radius 3 is 2.59 bits per heavy atom. The zero-order chi connectivity index (χ0) is 12.7. The van der Waals surface area contributed by atoms with Crippen molar-refractivity contribution < 1.29 is 0 Å². The Bertz CT molecular complexity index is 326. The summed E-state index contributed by atoms with van der Waals surface area (Å²) in [7, 11) is 6.01. The first-order valence-electron chi connectivity index (χ1n) is 6.07. The molecule has 0 atom stereocenters. The monoisotopic (exact) mass is 237 g/mol. The molecule has 0 aliphatic rings. The summed E-state index contributed by atoms with van der Waals surface area (Å²) < 4.78 is 0. The number of likely N-dealkylation sites (N-methyl/N-ethyl adjacent to an activating group) is 1. The van der Waals surface area contributed by atoms with E-state index < -0.39 is 0 Å². The molecule has 0 radical (unpaired) electrons. The zero-order valence-corrected chi connectivity index (χ0v) is 11.3. The van der Waals surface area contributed by atoms with E-state index in [1.165, 1.54) is 0 Å². The highest BCUT2D eigenvalue weighted by Crippen LogP contribution is 2.12. The smallest absolute Gasteiger partial charge is 0.224 e. The first-order chi connectivity index (χ1) is 8.17. The van der Waals surface area contributed by atoms with E-state index in [2.05, 4.69) is 46.1 Å². The standard InChI is InChI=1S/C12H23N5/c1-5-8-17(10-9-16(3)4)11-6-7-14-12(13-2)15-11/h6-7H,5,8-10H2,1-4H3,(H,13,14,15). The molecule has 0 aromatic carbocycles. The van der Waals surface area contributed by atoms with Crippen molar-refractivity contribution >= 4 is 11.8 Å². The van der Waals surface area contributed by atoms with Crippen molar-refractivity contribution in [3.63, 3.8) is 0 Å². The Morgan fingerprint density at radius 1 is 1.24 bits per heavy atom. The Kier molecular flexibility index (Phi) is 5.69. The van der Waals surface area contributed by atoms with Crippen LogP contribution in [0, 0.1) is 0 Å². The Morgan fingerprint density at radius 2 is 2.00 bits per heavy atom. The summed E-state index contributed by atoms with van der Waals surface area (Å²) in [5, 5.41) is 2.97. The summed E-state index contributed by atoms with van der Waals surface area (Å²) in [5.74, 6) is 1.67. The molecule has 0 amide bonds. The van der Waals surface area contributed by atoms with Gasteiger partial charge in [-0.25, -0.2) is 4.98 Å². The number of anilines is 2. The molecule has 0 saturated heterocycles. The van der Waals surface area contributed by atoms with Crippen molar-refractivity contribution in [3.8, 4) is 0 Å². The molecule has 1 rings (SSSR count). The van der Waals surface area contributed by atoms with E-state index in [-0.39, 0.29) is 0 Å². The SMILES string of the molecule is CCCN(CCN(C)C)c1ccnc(NC)n1. The summed E-state index contributed by atoms with van der Waals surface area (Å²) in [6.07, 6.45) is 2.92. The minimum atomic E-state index is 0.674. The molecule has 0 fully saturated rings. The molecular weight excluding hydrogens is 214 g/mol. The molecule has 0 aliphatic heterocycles. The fraction of sp³-hybridized carbons (Fsp3) is 0.667. The first-order valence-corrected chi connectivity index (χ1v) is 6.07. The van der Waals surface area contributed by atoms with Crippen molar-refractivity contribution in [2.24, 2.45) is 0 Å². The number of rotatable bonds is 7. The highest BCUT2D eigenvalue weighted by Gasteiger charge is 2.08. The van der Waals surface area contributed by atoms with Crippen LogP contribution >= 0.6 is 0 Å². The Hall–Kier alpha value is -1.36. The van der Waals surface area contributed by atoms with Crippen LogP contribution in [0.25, 0.3) is 0 Å². The predicted octanol–water partition coefficient (Wildman–Crippen LogP) is 1.30. The van der Waals surface area contributed by atoms with Crippen LogP contribution in [0.1, 0.15) is 13.3 Å². The molecule has 5 heteroatoms. The molecular formula is C12H23N5. The molecule has 0 saturated carbocycles. The van der Waals surface area contributed by atoms with Gasteiger partial charge in [0, 0.05) is 32.9 Å². The average Bonchev–Trinajstić information content (AvgIpc) is 2.34. The van der Waals surface area contributed by atoms with Crippen LogP contribution in [0.5, 0.6) is 0 Å². The molecule has 0 bridgehead atoms. The number of hydrogen-bond acceptors (Lipinski definition) is 5. The van der Waals surface area contributed by atoms with Crippen molar-refractivity contribution in [1.82, 2.24) is 14.9 Å². The van der Waals surface area contributed by atoms with Gasteiger partial charge in [-0.2, -0.15) is 4.98 Å². The van der Waals surface area contributed by atoms with Gasteiger partial charge in [-0.05, 0) is 26.6 Å². The molecule has 1 aromatic heterocycles. The highest BCUT2D eigenvalue weighted by molar-refractivity contribution is 5.42. The van der Waals surface area contributed by atoms with E-state index in [9.17, 15) is 0 Å². The lowest BCUT2D eigenvalue weighted by Gasteiger charge is -2.25. The van der Waals surface area contributed by atoms with Gasteiger partial charge in [0.05, 0.1) is 0 Å². The van der Waals surface area contributed by atoms with Gasteiger partial charge in [-0.15, -0.1) is 0 Å². The lowest BCUT2D eigenvalue weighted by atomic mass is 10.3. The number of nitrogens with one attached hydrogen (secondary N) is 1. The summed E-state index contributed by atoms with van der Waals surface area (Å²) >= 11 is 0. The number of hydrogen-bond donors (Lipinski definition) is 1. The van der Waals surface area contributed by atoms with Crippen LogP contribution < -0.4 is 10.2 Å². The van der Waals surface area contributed by atoms with E-state index in [0.717, 1.165) is 31.9 Å². The quantitative estimate of drug-likeness (QED) is 0.774. The third-order valence-corrected chi connectivity index (χ3v) is 2.50. The van der Waals surface area contributed by atoms with E-state index >= 15 is 0 Å². The average molecular weight is 237 g/mol. The highest BCUT2D eigenvalue weighted by atomic mass is 15.2. The number of aromatic nitrogens is 2.